The molecule has 0 saturated heterocycles. The van der Waals surface area contributed by atoms with Gasteiger partial charge in [-0.25, -0.2) is 0 Å². The van der Waals surface area contributed by atoms with Crippen LogP contribution in [0.2, 0.25) is 0 Å². The van der Waals surface area contributed by atoms with E-state index >= 15 is 0 Å². The molecule has 4 aliphatic carbocycles. The van der Waals surface area contributed by atoms with Crippen LogP contribution in [0, 0.1) is 34.0 Å². The van der Waals surface area contributed by atoms with Gasteiger partial charge in [0.05, 0.1) is 12.0 Å². The van der Waals surface area contributed by atoms with Crippen LogP contribution in [0.1, 0.15) is 79.1 Å². The quantitative estimate of drug-likeness (QED) is 0.693. The average molecular weight is 337 g/mol. The van der Waals surface area contributed by atoms with Gasteiger partial charge in [-0.05, 0) is 93.8 Å². The number of hydrogen-bond donors (Lipinski definition) is 1. The highest BCUT2D eigenvalue weighted by Gasteiger charge is 2.58. The zero-order valence-electron chi connectivity index (χ0n) is 16.1. The van der Waals surface area contributed by atoms with Gasteiger partial charge in [0.15, 0.2) is 0 Å². The van der Waals surface area contributed by atoms with E-state index < -0.39 is 5.41 Å². The van der Waals surface area contributed by atoms with Crippen LogP contribution in [0.15, 0.2) is 0 Å². The summed E-state index contributed by atoms with van der Waals surface area (Å²) in [5.41, 5.74) is -0.237. The van der Waals surface area contributed by atoms with Crippen molar-refractivity contribution in [2.75, 3.05) is 13.2 Å². The Hall–Kier alpha value is -0.570. The molecule has 0 aliphatic heterocycles. The highest BCUT2D eigenvalue weighted by atomic mass is 16.5. The van der Waals surface area contributed by atoms with Crippen molar-refractivity contribution in [3.8, 4) is 0 Å². The highest BCUT2D eigenvalue weighted by molar-refractivity contribution is 5.75. The van der Waals surface area contributed by atoms with Gasteiger partial charge in [0.25, 0.3) is 0 Å². The monoisotopic (exact) mass is 336 g/mol. The lowest BCUT2D eigenvalue weighted by Gasteiger charge is -2.63. The van der Waals surface area contributed by atoms with Crippen LogP contribution in [0.5, 0.6) is 0 Å². The zero-order chi connectivity index (χ0) is 17.6. The Morgan fingerprint density at radius 1 is 1.08 bits per heavy atom. The van der Waals surface area contributed by atoms with Crippen molar-refractivity contribution in [1.29, 1.82) is 0 Å². The third kappa shape index (κ3) is 3.02. The van der Waals surface area contributed by atoms with Gasteiger partial charge in [-0.3, -0.25) is 4.79 Å². The van der Waals surface area contributed by atoms with Crippen molar-refractivity contribution in [2.45, 2.75) is 79.1 Å². The van der Waals surface area contributed by atoms with Crippen molar-refractivity contribution in [3.63, 3.8) is 0 Å². The first-order valence-corrected chi connectivity index (χ1v) is 10.0. The van der Waals surface area contributed by atoms with Crippen LogP contribution >= 0.6 is 0 Å². The van der Waals surface area contributed by atoms with Gasteiger partial charge in [0, 0.05) is 6.61 Å². The molecule has 0 spiro atoms. The fourth-order valence-electron chi connectivity index (χ4n) is 6.07. The third-order valence-electron chi connectivity index (χ3n) is 7.99. The average Bonchev–Trinajstić information content (AvgIpc) is 2.53. The molecule has 0 amide bonds. The van der Waals surface area contributed by atoms with E-state index in [4.69, 9.17) is 4.74 Å². The van der Waals surface area contributed by atoms with Crippen molar-refractivity contribution in [3.05, 3.63) is 0 Å². The van der Waals surface area contributed by atoms with Gasteiger partial charge in [-0.1, -0.05) is 13.8 Å². The molecule has 4 rings (SSSR count). The van der Waals surface area contributed by atoms with Crippen LogP contribution in [0.4, 0.5) is 0 Å². The fourth-order valence-corrected chi connectivity index (χ4v) is 6.07. The van der Waals surface area contributed by atoms with Gasteiger partial charge in [0.1, 0.15) is 0 Å². The maximum atomic E-state index is 12.2. The fraction of sp³-hybridized carbons (Fsp3) is 0.952. The van der Waals surface area contributed by atoms with E-state index in [2.05, 4.69) is 6.92 Å². The first-order valence-electron chi connectivity index (χ1n) is 10.0. The third-order valence-corrected chi connectivity index (χ3v) is 7.99. The number of rotatable bonds is 7. The second-order valence-corrected chi connectivity index (χ2v) is 10.0. The largest absolute Gasteiger partial charge is 0.465 e. The Labute approximate surface area is 147 Å². The van der Waals surface area contributed by atoms with Crippen LogP contribution in [-0.2, 0) is 9.53 Å². The number of carbonyl (C=O) groups excluding carboxylic acids is 1. The molecule has 0 radical (unpaired) electrons. The minimum Gasteiger partial charge on any atom is -0.465 e. The molecule has 1 N–H and O–H groups in total. The van der Waals surface area contributed by atoms with Crippen LogP contribution in [0.3, 0.4) is 0 Å². The van der Waals surface area contributed by atoms with Gasteiger partial charge in [-0.2, -0.15) is 0 Å². The van der Waals surface area contributed by atoms with Gasteiger partial charge < -0.3 is 9.84 Å². The molecule has 0 aromatic carbocycles. The zero-order valence-corrected chi connectivity index (χ0v) is 16.1. The van der Waals surface area contributed by atoms with E-state index in [0.717, 1.165) is 30.6 Å². The number of carbonyl (C=O) groups is 1. The first kappa shape index (κ1) is 18.2. The lowest BCUT2D eigenvalue weighted by molar-refractivity contribution is -0.164. The Bertz CT molecular complexity index is 446. The second-order valence-electron chi connectivity index (χ2n) is 10.0. The van der Waals surface area contributed by atoms with E-state index in [-0.39, 0.29) is 23.4 Å². The Morgan fingerprint density at radius 2 is 1.58 bits per heavy atom. The molecular formula is C21H36O3. The number of esters is 1. The SMILES string of the molecule is CCC(C)(C)C(=O)OCCC(C)(CO)C12CC3CC(CC(C3)C1)C2. The molecule has 3 nitrogen and oxygen atoms in total. The molecule has 0 aromatic heterocycles. The number of aliphatic hydroxyl groups excluding tert-OH is 1. The molecule has 1 atom stereocenters. The second kappa shape index (κ2) is 6.30. The first-order chi connectivity index (χ1) is 11.2. The van der Waals surface area contributed by atoms with E-state index in [1.54, 1.807) is 0 Å². The smallest absolute Gasteiger partial charge is 0.311 e. The maximum absolute atomic E-state index is 12.2. The normalized spacial score (nSPS) is 37.3. The summed E-state index contributed by atoms with van der Waals surface area (Å²) in [6.07, 6.45) is 9.68. The number of aliphatic hydroxyl groups is 1. The van der Waals surface area contributed by atoms with Crippen LogP contribution in [0.25, 0.3) is 0 Å². The predicted octanol–water partition coefficient (Wildman–Crippen LogP) is 4.57. The van der Waals surface area contributed by atoms with E-state index in [1.165, 1.54) is 38.5 Å². The Kier molecular flexibility index (Phi) is 4.79. The molecule has 0 aromatic rings. The minimum atomic E-state index is -0.406. The topological polar surface area (TPSA) is 46.5 Å². The summed E-state index contributed by atoms with van der Waals surface area (Å²) in [5, 5.41) is 10.3. The predicted molar refractivity (Wildman–Crippen MR) is 95.4 cm³/mol. The standard InChI is InChI=1S/C21H36O3/c1-5-19(2,3)18(23)24-7-6-20(4,14-22)21-11-15-8-16(12-21)10-17(9-15)13-21/h15-17,22H,5-14H2,1-4H3. The molecule has 138 valence electrons. The maximum Gasteiger partial charge on any atom is 0.311 e. The molecule has 0 heterocycles. The van der Waals surface area contributed by atoms with Gasteiger partial charge in [0.2, 0.25) is 0 Å². The summed E-state index contributed by atoms with van der Waals surface area (Å²) in [6.45, 7) is 8.82. The lowest BCUT2D eigenvalue weighted by atomic mass is 9.42. The minimum absolute atomic E-state index is 0.101. The molecule has 1 unspecified atom stereocenters. The number of ether oxygens (including phenoxy) is 1. The molecular weight excluding hydrogens is 300 g/mol. The van der Waals surface area contributed by atoms with Crippen molar-refractivity contribution < 1.29 is 14.6 Å². The molecule has 4 fully saturated rings. The van der Waals surface area contributed by atoms with Crippen LogP contribution in [-0.4, -0.2) is 24.3 Å². The Morgan fingerprint density at radius 3 is 2.00 bits per heavy atom. The van der Waals surface area contributed by atoms with Gasteiger partial charge >= 0.3 is 5.97 Å². The van der Waals surface area contributed by atoms with E-state index in [1.807, 2.05) is 20.8 Å². The van der Waals surface area contributed by atoms with Crippen molar-refractivity contribution in [1.82, 2.24) is 0 Å². The lowest BCUT2D eigenvalue weighted by Crippen LogP contribution is -2.55. The van der Waals surface area contributed by atoms with Gasteiger partial charge in [-0.15, -0.1) is 0 Å². The summed E-state index contributed by atoms with van der Waals surface area (Å²) in [7, 11) is 0. The van der Waals surface area contributed by atoms with Crippen molar-refractivity contribution in [2.24, 2.45) is 34.0 Å². The number of hydrogen-bond acceptors (Lipinski definition) is 3. The summed E-state index contributed by atoms with van der Waals surface area (Å²) in [4.78, 5) is 12.2. The summed E-state index contributed by atoms with van der Waals surface area (Å²) in [5.74, 6) is 2.53. The highest BCUT2D eigenvalue weighted by Crippen LogP contribution is 2.66. The molecule has 3 heteroatoms. The molecule has 4 saturated carbocycles. The van der Waals surface area contributed by atoms with E-state index in [0.29, 0.717) is 6.61 Å². The molecule has 4 aliphatic rings. The molecule has 4 bridgehead atoms. The van der Waals surface area contributed by atoms with Crippen molar-refractivity contribution >= 4 is 5.97 Å². The Balaban J connectivity index is 1.65. The summed E-state index contributed by atoms with van der Waals surface area (Å²) >= 11 is 0. The molecule has 24 heavy (non-hydrogen) atoms. The summed E-state index contributed by atoms with van der Waals surface area (Å²) in [6, 6.07) is 0. The van der Waals surface area contributed by atoms with Crippen LogP contribution < -0.4 is 0 Å². The summed E-state index contributed by atoms with van der Waals surface area (Å²) < 4.78 is 5.61. The van der Waals surface area contributed by atoms with E-state index in [9.17, 15) is 9.90 Å².